The van der Waals surface area contributed by atoms with Gasteiger partial charge in [0.15, 0.2) is 0 Å². The molecule has 1 saturated heterocycles. The lowest BCUT2D eigenvalue weighted by Gasteiger charge is -2.32. The van der Waals surface area contributed by atoms with E-state index >= 15 is 0 Å². The molecule has 0 bridgehead atoms. The van der Waals surface area contributed by atoms with Gasteiger partial charge in [0.05, 0.1) is 0 Å². The molecule has 1 aliphatic rings. The molecule has 0 aliphatic carbocycles. The van der Waals surface area contributed by atoms with Gasteiger partial charge in [-0.15, -0.1) is 0 Å². The highest BCUT2D eigenvalue weighted by molar-refractivity contribution is 5.94. The Hall–Kier alpha value is -2.20. The average molecular weight is 323 g/mol. The van der Waals surface area contributed by atoms with Gasteiger partial charge in [-0.1, -0.05) is 19.1 Å². The van der Waals surface area contributed by atoms with Crippen molar-refractivity contribution in [2.75, 3.05) is 33.2 Å². The van der Waals surface area contributed by atoms with Gasteiger partial charge in [-0.25, -0.2) is 0 Å². The van der Waals surface area contributed by atoms with Crippen LogP contribution in [0.4, 0.5) is 0 Å². The van der Waals surface area contributed by atoms with Crippen LogP contribution in [0.3, 0.4) is 0 Å². The second kappa shape index (κ2) is 7.58. The van der Waals surface area contributed by atoms with Gasteiger partial charge in [-0.05, 0) is 54.8 Å². The van der Waals surface area contributed by atoms with Crippen molar-refractivity contribution in [3.05, 3.63) is 65.5 Å². The number of carbonyl (C=O) groups excluding carboxylic acids is 1. The minimum absolute atomic E-state index is 0.149. The van der Waals surface area contributed by atoms with E-state index in [-0.39, 0.29) is 5.91 Å². The van der Waals surface area contributed by atoms with E-state index < -0.39 is 0 Å². The molecule has 126 valence electrons. The van der Waals surface area contributed by atoms with Gasteiger partial charge in [0.25, 0.3) is 5.91 Å². The molecule has 1 unspecified atom stereocenters. The zero-order chi connectivity index (χ0) is 16.9. The highest BCUT2D eigenvalue weighted by Crippen LogP contribution is 2.21. The zero-order valence-electron chi connectivity index (χ0n) is 14.5. The summed E-state index contributed by atoms with van der Waals surface area (Å²) in [6.45, 7) is 5.75. The highest BCUT2D eigenvalue weighted by Gasteiger charge is 2.20. The van der Waals surface area contributed by atoms with Gasteiger partial charge >= 0.3 is 0 Å². The van der Waals surface area contributed by atoms with E-state index in [1.165, 1.54) is 11.1 Å². The molecule has 1 aromatic heterocycles. The normalized spacial score (nSPS) is 16.8. The van der Waals surface area contributed by atoms with Crippen LogP contribution >= 0.6 is 0 Å². The van der Waals surface area contributed by atoms with Gasteiger partial charge in [0.2, 0.25) is 0 Å². The lowest BCUT2D eigenvalue weighted by atomic mass is 9.93. The Morgan fingerprint density at radius 2 is 1.67 bits per heavy atom. The van der Waals surface area contributed by atoms with Gasteiger partial charge < -0.3 is 9.80 Å². The third-order valence-corrected chi connectivity index (χ3v) is 4.81. The fraction of sp³-hybridized carbons (Fsp3) is 0.400. The molecule has 24 heavy (non-hydrogen) atoms. The fourth-order valence-corrected chi connectivity index (χ4v) is 3.14. The van der Waals surface area contributed by atoms with E-state index in [4.69, 9.17) is 0 Å². The summed E-state index contributed by atoms with van der Waals surface area (Å²) in [5, 5.41) is 0. The minimum Gasteiger partial charge on any atom is -0.336 e. The first-order valence-corrected chi connectivity index (χ1v) is 8.60. The van der Waals surface area contributed by atoms with E-state index in [0.717, 1.165) is 38.2 Å². The van der Waals surface area contributed by atoms with Crippen LogP contribution in [0.2, 0.25) is 0 Å². The number of hydrogen-bond donors (Lipinski definition) is 0. The molecule has 2 heterocycles. The van der Waals surface area contributed by atoms with Gasteiger partial charge in [0, 0.05) is 44.1 Å². The fourth-order valence-electron chi connectivity index (χ4n) is 3.14. The molecule has 0 N–H and O–H groups in total. The maximum atomic E-state index is 12.6. The Morgan fingerprint density at radius 1 is 1.04 bits per heavy atom. The standard InChI is InChI=1S/C20H25N3O/c1-16(15-17-7-9-21-10-8-17)18-3-5-19(6-4-18)20(24)23-13-11-22(2)12-14-23/h3-10,16H,11-15H2,1-2H3. The van der Waals surface area contributed by atoms with Crippen LogP contribution in [0.5, 0.6) is 0 Å². The Morgan fingerprint density at radius 3 is 2.29 bits per heavy atom. The Kier molecular flexibility index (Phi) is 5.26. The molecular weight excluding hydrogens is 298 g/mol. The van der Waals surface area contributed by atoms with Crippen molar-refractivity contribution < 1.29 is 4.79 Å². The second-order valence-corrected chi connectivity index (χ2v) is 6.68. The van der Waals surface area contributed by atoms with E-state index in [1.807, 2.05) is 29.4 Å². The number of piperazine rings is 1. The van der Waals surface area contributed by atoms with Crippen molar-refractivity contribution in [2.24, 2.45) is 0 Å². The number of amides is 1. The first-order chi connectivity index (χ1) is 11.6. The van der Waals surface area contributed by atoms with Crippen LogP contribution < -0.4 is 0 Å². The van der Waals surface area contributed by atoms with E-state index in [1.54, 1.807) is 0 Å². The molecule has 0 spiro atoms. The van der Waals surface area contributed by atoms with E-state index in [0.29, 0.717) is 5.92 Å². The van der Waals surface area contributed by atoms with Gasteiger partial charge in [0.1, 0.15) is 0 Å². The van der Waals surface area contributed by atoms with Crippen LogP contribution in [0, 0.1) is 0 Å². The summed E-state index contributed by atoms with van der Waals surface area (Å²) in [5.74, 6) is 0.566. The highest BCUT2D eigenvalue weighted by atomic mass is 16.2. The average Bonchev–Trinajstić information content (AvgIpc) is 2.63. The number of pyridine rings is 1. The molecule has 2 aromatic rings. The van der Waals surface area contributed by atoms with E-state index in [2.05, 4.69) is 48.1 Å². The van der Waals surface area contributed by atoms with Crippen molar-refractivity contribution in [3.8, 4) is 0 Å². The summed E-state index contributed by atoms with van der Waals surface area (Å²) in [6, 6.07) is 12.2. The number of benzene rings is 1. The number of hydrogen-bond acceptors (Lipinski definition) is 3. The molecule has 0 saturated carbocycles. The van der Waals surface area contributed by atoms with E-state index in [9.17, 15) is 4.79 Å². The summed E-state index contributed by atoms with van der Waals surface area (Å²) in [4.78, 5) is 20.9. The second-order valence-electron chi connectivity index (χ2n) is 6.68. The molecule has 1 fully saturated rings. The predicted octanol–water partition coefficient (Wildman–Crippen LogP) is 2.82. The van der Waals surface area contributed by atoms with Crippen LogP contribution in [-0.2, 0) is 6.42 Å². The minimum atomic E-state index is 0.149. The SMILES string of the molecule is CC(Cc1ccncc1)c1ccc(C(=O)N2CCN(C)CC2)cc1. The quantitative estimate of drug-likeness (QED) is 0.868. The van der Waals surface area contributed by atoms with Crippen molar-refractivity contribution in [3.63, 3.8) is 0 Å². The Bertz CT molecular complexity index is 661. The largest absolute Gasteiger partial charge is 0.336 e. The molecule has 1 aliphatic heterocycles. The maximum absolute atomic E-state index is 12.6. The Labute approximate surface area is 144 Å². The maximum Gasteiger partial charge on any atom is 0.253 e. The summed E-state index contributed by atoms with van der Waals surface area (Å²) in [7, 11) is 2.10. The summed E-state index contributed by atoms with van der Waals surface area (Å²) >= 11 is 0. The lowest BCUT2D eigenvalue weighted by Crippen LogP contribution is -2.47. The molecule has 4 nitrogen and oxygen atoms in total. The van der Waals surface area contributed by atoms with Crippen LogP contribution in [-0.4, -0.2) is 53.9 Å². The van der Waals surface area contributed by atoms with Crippen molar-refractivity contribution >= 4 is 5.91 Å². The van der Waals surface area contributed by atoms with Crippen LogP contribution in [0.15, 0.2) is 48.8 Å². The smallest absolute Gasteiger partial charge is 0.253 e. The molecule has 0 radical (unpaired) electrons. The third kappa shape index (κ3) is 4.01. The van der Waals surface area contributed by atoms with Crippen molar-refractivity contribution in [1.82, 2.24) is 14.8 Å². The van der Waals surface area contributed by atoms with Gasteiger partial charge in [-0.3, -0.25) is 9.78 Å². The number of aromatic nitrogens is 1. The number of carbonyl (C=O) groups is 1. The van der Waals surface area contributed by atoms with Crippen LogP contribution in [0.25, 0.3) is 0 Å². The topological polar surface area (TPSA) is 36.4 Å². The number of rotatable bonds is 4. The third-order valence-electron chi connectivity index (χ3n) is 4.81. The molecule has 1 atom stereocenters. The summed E-state index contributed by atoms with van der Waals surface area (Å²) in [6.07, 6.45) is 4.65. The van der Waals surface area contributed by atoms with Crippen molar-refractivity contribution in [2.45, 2.75) is 19.3 Å². The summed E-state index contributed by atoms with van der Waals surface area (Å²) < 4.78 is 0. The zero-order valence-corrected chi connectivity index (χ0v) is 14.5. The monoisotopic (exact) mass is 323 g/mol. The lowest BCUT2D eigenvalue weighted by molar-refractivity contribution is 0.0664. The predicted molar refractivity (Wildman–Crippen MR) is 96.2 cm³/mol. The molecule has 3 rings (SSSR count). The molecule has 4 heteroatoms. The summed E-state index contributed by atoms with van der Waals surface area (Å²) in [5.41, 5.74) is 3.34. The number of likely N-dealkylation sites (N-methyl/N-ethyl adjacent to an activating group) is 1. The first-order valence-electron chi connectivity index (χ1n) is 8.60. The molecule has 1 amide bonds. The first kappa shape index (κ1) is 16.7. The van der Waals surface area contributed by atoms with Gasteiger partial charge in [-0.2, -0.15) is 0 Å². The molecule has 1 aromatic carbocycles. The number of nitrogens with zero attached hydrogens (tertiary/aromatic N) is 3. The molecular formula is C20H25N3O. The van der Waals surface area contributed by atoms with Crippen LogP contribution in [0.1, 0.15) is 34.3 Å². The van der Waals surface area contributed by atoms with Crippen molar-refractivity contribution in [1.29, 1.82) is 0 Å². The Balaban J connectivity index is 1.63.